The van der Waals surface area contributed by atoms with E-state index < -0.39 is 0 Å². The van der Waals surface area contributed by atoms with Crippen LogP contribution in [0, 0.1) is 12.8 Å². The van der Waals surface area contributed by atoms with Gasteiger partial charge in [0.2, 0.25) is 5.69 Å². The molecular formula is C27H38N+. The third-order valence-electron chi connectivity index (χ3n) is 6.26. The van der Waals surface area contributed by atoms with Gasteiger partial charge in [0.25, 0.3) is 0 Å². The predicted molar refractivity (Wildman–Crippen MR) is 122 cm³/mol. The van der Waals surface area contributed by atoms with E-state index in [1.54, 1.807) is 0 Å². The highest BCUT2D eigenvalue weighted by molar-refractivity contribution is 5.73. The predicted octanol–water partition coefficient (Wildman–Crippen LogP) is 7.17. The Balaban J connectivity index is 2.06. The third-order valence-corrected chi connectivity index (χ3v) is 6.26. The molecule has 0 aliphatic carbocycles. The van der Waals surface area contributed by atoms with Crippen LogP contribution in [0.3, 0.4) is 0 Å². The maximum absolute atomic E-state index is 2.57. The molecule has 0 amide bonds. The second kappa shape index (κ2) is 7.50. The van der Waals surface area contributed by atoms with E-state index in [2.05, 4.69) is 109 Å². The summed E-state index contributed by atoms with van der Waals surface area (Å²) in [4.78, 5) is 0. The van der Waals surface area contributed by atoms with Gasteiger partial charge >= 0.3 is 0 Å². The van der Waals surface area contributed by atoms with Crippen molar-refractivity contribution in [2.45, 2.75) is 85.1 Å². The summed E-state index contributed by atoms with van der Waals surface area (Å²) in [6.45, 7) is 18.6. The average molecular weight is 377 g/mol. The Bertz CT molecular complexity index is 868. The van der Waals surface area contributed by atoms with Crippen LogP contribution in [0.2, 0.25) is 0 Å². The quantitative estimate of drug-likeness (QED) is 0.486. The molecule has 3 rings (SSSR count). The van der Waals surface area contributed by atoms with Gasteiger partial charge in [-0.3, -0.25) is 0 Å². The van der Waals surface area contributed by atoms with Crippen molar-refractivity contribution in [3.8, 4) is 0 Å². The molecule has 150 valence electrons. The fourth-order valence-corrected chi connectivity index (χ4v) is 5.00. The monoisotopic (exact) mass is 376 g/mol. The number of aryl methyl sites for hydroxylation is 1. The molecule has 0 saturated carbocycles. The number of rotatable bonds is 5. The van der Waals surface area contributed by atoms with Crippen molar-refractivity contribution in [2.75, 3.05) is 0 Å². The van der Waals surface area contributed by atoms with Crippen LogP contribution in [-0.2, 0) is 11.8 Å². The lowest BCUT2D eigenvalue weighted by Gasteiger charge is -2.23. The van der Waals surface area contributed by atoms with Gasteiger partial charge in [0.15, 0.2) is 11.8 Å². The molecule has 2 aromatic rings. The third kappa shape index (κ3) is 3.95. The van der Waals surface area contributed by atoms with Crippen LogP contribution in [0.5, 0.6) is 0 Å². The van der Waals surface area contributed by atoms with Crippen LogP contribution in [0.15, 0.2) is 42.5 Å². The molecule has 1 aliphatic heterocycles. The lowest BCUT2D eigenvalue weighted by atomic mass is 9.77. The van der Waals surface area contributed by atoms with Crippen LogP contribution in [0.25, 0.3) is 0 Å². The molecule has 0 radical (unpaired) electrons. The maximum atomic E-state index is 2.57. The van der Waals surface area contributed by atoms with E-state index in [0.29, 0.717) is 11.8 Å². The van der Waals surface area contributed by atoms with E-state index in [9.17, 15) is 0 Å². The first-order valence-corrected chi connectivity index (χ1v) is 10.9. The van der Waals surface area contributed by atoms with Crippen LogP contribution < -0.4 is 0 Å². The first kappa shape index (κ1) is 20.8. The van der Waals surface area contributed by atoms with Crippen LogP contribution in [0.1, 0.15) is 83.1 Å². The Morgan fingerprint density at radius 1 is 0.929 bits per heavy atom. The minimum atomic E-state index is 0.0520. The van der Waals surface area contributed by atoms with E-state index >= 15 is 0 Å². The molecule has 1 heteroatoms. The summed E-state index contributed by atoms with van der Waals surface area (Å²) in [5.41, 5.74) is 7.22. The summed E-state index contributed by atoms with van der Waals surface area (Å²) >= 11 is 0. The molecule has 0 saturated heterocycles. The zero-order chi connectivity index (χ0) is 20.7. The van der Waals surface area contributed by atoms with Crippen LogP contribution in [-0.4, -0.2) is 16.3 Å². The Hall–Kier alpha value is -1.89. The summed E-state index contributed by atoms with van der Waals surface area (Å²) < 4.78 is 2.57. The van der Waals surface area contributed by atoms with Crippen molar-refractivity contribution < 1.29 is 4.58 Å². The second-order valence-electron chi connectivity index (χ2n) is 10.4. The van der Waals surface area contributed by atoms with E-state index in [1.165, 1.54) is 27.9 Å². The first-order chi connectivity index (χ1) is 13.0. The van der Waals surface area contributed by atoms with Crippen molar-refractivity contribution in [3.05, 3.63) is 64.7 Å². The molecule has 0 bridgehead atoms. The summed E-state index contributed by atoms with van der Waals surface area (Å²) in [6.07, 6.45) is 4.77. The van der Waals surface area contributed by atoms with Crippen molar-refractivity contribution in [1.29, 1.82) is 0 Å². The summed E-state index contributed by atoms with van der Waals surface area (Å²) in [5, 5.41) is 0. The molecule has 2 aromatic carbocycles. The lowest BCUT2D eigenvalue weighted by molar-refractivity contribution is -0.512. The minimum absolute atomic E-state index is 0.0520. The van der Waals surface area contributed by atoms with Crippen molar-refractivity contribution in [3.63, 3.8) is 0 Å². The number of nitrogens with zero attached hydrogens (tertiary/aromatic N) is 1. The molecule has 1 nitrogen and oxygen atoms in total. The number of hydrogen-bond donors (Lipinski definition) is 0. The van der Waals surface area contributed by atoms with E-state index in [4.69, 9.17) is 0 Å². The highest BCUT2D eigenvalue weighted by Crippen LogP contribution is 2.44. The van der Waals surface area contributed by atoms with Gasteiger partial charge in [0.1, 0.15) is 0 Å². The molecular weight excluding hydrogens is 338 g/mol. The molecule has 1 atom stereocenters. The molecule has 28 heavy (non-hydrogen) atoms. The van der Waals surface area contributed by atoms with Gasteiger partial charge in [-0.2, -0.15) is 4.58 Å². The molecule has 0 fully saturated rings. The SMILES string of the molecule is Cc1cccc(C(C)C)c1[N+]1=CC(C)(c2ccc(CC(C)C)cc2)CC1(C)C. The zero-order valence-corrected chi connectivity index (χ0v) is 19.1. The van der Waals surface area contributed by atoms with Crippen LogP contribution >= 0.6 is 0 Å². The highest BCUT2D eigenvalue weighted by atomic mass is 15.1. The van der Waals surface area contributed by atoms with E-state index in [0.717, 1.165) is 12.8 Å². The smallest absolute Gasteiger partial charge is 0.197 e. The molecule has 1 aliphatic rings. The number of hydrogen-bond acceptors (Lipinski definition) is 0. The molecule has 0 spiro atoms. The van der Waals surface area contributed by atoms with E-state index in [-0.39, 0.29) is 11.0 Å². The summed E-state index contributed by atoms with van der Waals surface area (Å²) in [5.74, 6) is 1.21. The standard InChI is InChI=1S/C27H38N/c1-19(2)16-22-12-14-23(15-13-22)27(8)17-26(6,7)28(18-27)25-21(5)10-9-11-24(25)20(3)4/h9-15,18-20H,16-17H2,1-8H3/q+1. The van der Waals surface area contributed by atoms with Gasteiger partial charge in [-0.05, 0) is 43.2 Å². The largest absolute Gasteiger partial charge is 0.211 e. The van der Waals surface area contributed by atoms with Gasteiger partial charge in [0.05, 0.1) is 5.41 Å². The van der Waals surface area contributed by atoms with Gasteiger partial charge in [-0.15, -0.1) is 0 Å². The minimum Gasteiger partial charge on any atom is -0.197 e. The number of benzene rings is 2. The maximum Gasteiger partial charge on any atom is 0.211 e. The zero-order valence-electron chi connectivity index (χ0n) is 19.1. The molecule has 1 heterocycles. The Labute approximate surface area is 172 Å². The fourth-order valence-electron chi connectivity index (χ4n) is 5.00. The van der Waals surface area contributed by atoms with Crippen molar-refractivity contribution >= 4 is 11.9 Å². The van der Waals surface area contributed by atoms with Gasteiger partial charge in [-0.25, -0.2) is 0 Å². The second-order valence-corrected chi connectivity index (χ2v) is 10.4. The first-order valence-electron chi connectivity index (χ1n) is 10.9. The highest BCUT2D eigenvalue weighted by Gasteiger charge is 2.50. The fraction of sp³-hybridized carbons (Fsp3) is 0.519. The Kier molecular flexibility index (Phi) is 5.58. The Morgan fingerprint density at radius 2 is 1.57 bits per heavy atom. The van der Waals surface area contributed by atoms with Gasteiger partial charge in [0, 0.05) is 31.4 Å². The molecule has 0 N–H and O–H groups in total. The molecule has 0 aromatic heterocycles. The topological polar surface area (TPSA) is 3.01 Å². The van der Waals surface area contributed by atoms with Gasteiger partial charge < -0.3 is 0 Å². The average Bonchev–Trinajstić information content (AvgIpc) is 2.84. The lowest BCUT2D eigenvalue weighted by Crippen LogP contribution is -2.31. The van der Waals surface area contributed by atoms with Crippen molar-refractivity contribution in [1.82, 2.24) is 0 Å². The van der Waals surface area contributed by atoms with Crippen molar-refractivity contribution in [2.24, 2.45) is 5.92 Å². The molecule has 1 unspecified atom stereocenters. The number of para-hydroxylation sites is 1. The van der Waals surface area contributed by atoms with Crippen LogP contribution in [0.4, 0.5) is 5.69 Å². The summed E-state index contributed by atoms with van der Waals surface area (Å²) in [6, 6.07) is 16.1. The van der Waals surface area contributed by atoms with Gasteiger partial charge in [-0.1, -0.05) is 70.2 Å². The normalized spacial score (nSPS) is 21.4. The van der Waals surface area contributed by atoms with E-state index in [1.807, 2.05) is 0 Å². The summed E-state index contributed by atoms with van der Waals surface area (Å²) in [7, 11) is 0. The Morgan fingerprint density at radius 3 is 2.14 bits per heavy atom.